The number of piperazine rings is 1. The average molecular weight is 292 g/mol. The van der Waals surface area contributed by atoms with Crippen LogP contribution in [0.3, 0.4) is 0 Å². The monoisotopic (exact) mass is 292 g/mol. The number of aromatic nitrogens is 2. The largest absolute Gasteiger partial charge is 0.480 e. The van der Waals surface area contributed by atoms with Crippen LogP contribution in [0.15, 0.2) is 6.07 Å². The van der Waals surface area contributed by atoms with E-state index in [1.165, 1.54) is 0 Å². The topological polar surface area (TPSA) is 69.6 Å². The Morgan fingerprint density at radius 2 is 1.81 bits per heavy atom. The summed E-state index contributed by atoms with van der Waals surface area (Å²) in [6.07, 6.45) is 0. The molecule has 0 radical (unpaired) electrons. The third kappa shape index (κ3) is 3.69. The molecule has 1 N–H and O–H groups in total. The molecule has 1 aliphatic rings. The van der Waals surface area contributed by atoms with Crippen LogP contribution in [0, 0.1) is 6.92 Å². The number of carboxylic acids is 1. The van der Waals surface area contributed by atoms with Gasteiger partial charge in [0.1, 0.15) is 17.7 Å². The molecule has 1 fully saturated rings. The molecule has 0 amide bonds. The Bertz CT molecular complexity index is 510. The minimum absolute atomic E-state index is 0.303. The fourth-order valence-corrected chi connectivity index (χ4v) is 2.49. The molecular weight excluding hydrogens is 268 g/mol. The molecule has 2 heterocycles. The van der Waals surface area contributed by atoms with E-state index in [2.05, 4.69) is 28.7 Å². The number of aliphatic carboxylic acids is 1. The molecule has 0 unspecified atom stereocenters. The Morgan fingerprint density at radius 3 is 2.33 bits per heavy atom. The van der Waals surface area contributed by atoms with Crippen LogP contribution in [0.1, 0.15) is 38.2 Å². The van der Waals surface area contributed by atoms with Crippen molar-refractivity contribution in [3.63, 3.8) is 0 Å². The van der Waals surface area contributed by atoms with E-state index in [0.29, 0.717) is 5.92 Å². The predicted molar refractivity (Wildman–Crippen MR) is 81.7 cm³/mol. The third-order valence-corrected chi connectivity index (χ3v) is 3.92. The zero-order valence-corrected chi connectivity index (χ0v) is 13.2. The van der Waals surface area contributed by atoms with Gasteiger partial charge in [0.25, 0.3) is 0 Å². The fourth-order valence-electron chi connectivity index (χ4n) is 2.49. The van der Waals surface area contributed by atoms with E-state index in [4.69, 9.17) is 5.11 Å². The minimum Gasteiger partial charge on any atom is -0.480 e. The number of carbonyl (C=O) groups is 1. The van der Waals surface area contributed by atoms with Gasteiger partial charge in [-0.05, 0) is 13.8 Å². The van der Waals surface area contributed by atoms with Gasteiger partial charge in [0.15, 0.2) is 0 Å². The van der Waals surface area contributed by atoms with E-state index in [9.17, 15) is 4.79 Å². The van der Waals surface area contributed by atoms with Gasteiger partial charge in [0.2, 0.25) is 0 Å². The number of rotatable bonds is 4. The van der Waals surface area contributed by atoms with Crippen molar-refractivity contribution in [2.45, 2.75) is 39.7 Å². The summed E-state index contributed by atoms with van der Waals surface area (Å²) >= 11 is 0. The van der Waals surface area contributed by atoms with E-state index in [1.54, 1.807) is 6.92 Å². The zero-order chi connectivity index (χ0) is 15.6. The van der Waals surface area contributed by atoms with Crippen molar-refractivity contribution in [3.05, 3.63) is 17.6 Å². The molecule has 1 aliphatic heterocycles. The van der Waals surface area contributed by atoms with Crippen molar-refractivity contribution in [3.8, 4) is 0 Å². The standard InChI is InChI=1S/C15H24N4O2/c1-10(2)14-16-11(3)9-13(17-14)19-7-5-18(6-8-19)12(4)15(20)21/h9-10,12H,5-8H2,1-4H3,(H,20,21)/t12-/m1/s1. The van der Waals surface area contributed by atoms with Gasteiger partial charge in [-0.3, -0.25) is 9.69 Å². The van der Waals surface area contributed by atoms with Gasteiger partial charge in [-0.1, -0.05) is 13.8 Å². The number of carboxylic acid groups (broad SMARTS) is 1. The van der Waals surface area contributed by atoms with Crippen LogP contribution in [0.4, 0.5) is 5.82 Å². The Balaban J connectivity index is 2.07. The van der Waals surface area contributed by atoms with Crippen LogP contribution >= 0.6 is 0 Å². The van der Waals surface area contributed by atoms with Crippen molar-refractivity contribution in [1.29, 1.82) is 0 Å². The molecule has 6 nitrogen and oxygen atoms in total. The highest BCUT2D eigenvalue weighted by molar-refractivity contribution is 5.72. The lowest BCUT2D eigenvalue weighted by Gasteiger charge is -2.37. The minimum atomic E-state index is -0.761. The summed E-state index contributed by atoms with van der Waals surface area (Å²) in [5.41, 5.74) is 0.977. The summed E-state index contributed by atoms with van der Waals surface area (Å²) in [5, 5.41) is 9.08. The number of aryl methyl sites for hydroxylation is 1. The van der Waals surface area contributed by atoms with Crippen LogP contribution in [0.5, 0.6) is 0 Å². The zero-order valence-electron chi connectivity index (χ0n) is 13.2. The maximum absolute atomic E-state index is 11.0. The summed E-state index contributed by atoms with van der Waals surface area (Å²) < 4.78 is 0. The SMILES string of the molecule is Cc1cc(N2CCN([C@H](C)C(=O)O)CC2)nc(C(C)C)n1. The quantitative estimate of drug-likeness (QED) is 0.907. The molecule has 0 saturated carbocycles. The van der Waals surface area contributed by atoms with E-state index >= 15 is 0 Å². The molecule has 21 heavy (non-hydrogen) atoms. The lowest BCUT2D eigenvalue weighted by Crippen LogP contribution is -2.52. The van der Waals surface area contributed by atoms with Gasteiger partial charge in [0.05, 0.1) is 0 Å². The highest BCUT2D eigenvalue weighted by Crippen LogP contribution is 2.19. The fraction of sp³-hybridized carbons (Fsp3) is 0.667. The van der Waals surface area contributed by atoms with Crippen molar-refractivity contribution in [2.75, 3.05) is 31.1 Å². The molecule has 0 spiro atoms. The van der Waals surface area contributed by atoms with Crippen LogP contribution in [-0.2, 0) is 4.79 Å². The van der Waals surface area contributed by atoms with Crippen molar-refractivity contribution in [2.24, 2.45) is 0 Å². The first-order valence-corrected chi connectivity index (χ1v) is 7.46. The van der Waals surface area contributed by atoms with Crippen molar-refractivity contribution >= 4 is 11.8 Å². The second kappa shape index (κ2) is 6.39. The first kappa shape index (κ1) is 15.7. The number of hydrogen-bond acceptors (Lipinski definition) is 5. The van der Waals surface area contributed by atoms with Gasteiger partial charge in [-0.2, -0.15) is 0 Å². The number of anilines is 1. The lowest BCUT2D eigenvalue weighted by molar-refractivity contribution is -0.142. The van der Waals surface area contributed by atoms with E-state index in [-0.39, 0.29) is 0 Å². The molecule has 6 heteroatoms. The van der Waals surface area contributed by atoms with Crippen LogP contribution in [0.2, 0.25) is 0 Å². The second-order valence-corrected chi connectivity index (χ2v) is 5.92. The van der Waals surface area contributed by atoms with Gasteiger partial charge < -0.3 is 10.0 Å². The highest BCUT2D eigenvalue weighted by Gasteiger charge is 2.26. The first-order chi connectivity index (χ1) is 9.88. The van der Waals surface area contributed by atoms with Crippen LogP contribution in [-0.4, -0.2) is 58.2 Å². The van der Waals surface area contributed by atoms with Gasteiger partial charge in [-0.25, -0.2) is 9.97 Å². The molecule has 116 valence electrons. The van der Waals surface area contributed by atoms with Gasteiger partial charge in [0, 0.05) is 43.9 Å². The molecule has 1 aromatic rings. The first-order valence-electron chi connectivity index (χ1n) is 7.46. The smallest absolute Gasteiger partial charge is 0.320 e. The Morgan fingerprint density at radius 1 is 1.19 bits per heavy atom. The molecule has 1 saturated heterocycles. The van der Waals surface area contributed by atoms with Gasteiger partial charge in [-0.15, -0.1) is 0 Å². The second-order valence-electron chi connectivity index (χ2n) is 5.92. The molecule has 1 aromatic heterocycles. The Labute approximate surface area is 125 Å². The predicted octanol–water partition coefficient (Wildman–Crippen LogP) is 1.50. The summed E-state index contributed by atoms with van der Waals surface area (Å²) in [6.45, 7) is 11.0. The summed E-state index contributed by atoms with van der Waals surface area (Å²) in [7, 11) is 0. The van der Waals surface area contributed by atoms with Crippen LogP contribution < -0.4 is 4.90 Å². The van der Waals surface area contributed by atoms with Gasteiger partial charge >= 0.3 is 5.97 Å². The third-order valence-electron chi connectivity index (χ3n) is 3.92. The van der Waals surface area contributed by atoms with E-state index in [1.807, 2.05) is 17.9 Å². The summed E-state index contributed by atoms with van der Waals surface area (Å²) in [4.78, 5) is 24.4. The maximum Gasteiger partial charge on any atom is 0.320 e. The summed E-state index contributed by atoms with van der Waals surface area (Å²) in [6, 6.07) is 1.58. The number of hydrogen-bond donors (Lipinski definition) is 1. The Kier molecular flexibility index (Phi) is 4.77. The molecule has 2 rings (SSSR count). The van der Waals surface area contributed by atoms with Crippen LogP contribution in [0.25, 0.3) is 0 Å². The van der Waals surface area contributed by atoms with Crippen molar-refractivity contribution < 1.29 is 9.90 Å². The maximum atomic E-state index is 11.0. The van der Waals surface area contributed by atoms with Crippen molar-refractivity contribution in [1.82, 2.24) is 14.9 Å². The lowest BCUT2D eigenvalue weighted by atomic mass is 10.2. The molecule has 0 bridgehead atoms. The van der Waals surface area contributed by atoms with E-state index < -0.39 is 12.0 Å². The molecule has 1 atom stereocenters. The summed E-state index contributed by atoms with van der Waals surface area (Å²) in [5.74, 6) is 1.36. The highest BCUT2D eigenvalue weighted by atomic mass is 16.4. The normalized spacial score (nSPS) is 18.0. The molecular formula is C15H24N4O2. The molecule has 0 aliphatic carbocycles. The Hall–Kier alpha value is -1.69. The molecule has 0 aromatic carbocycles. The number of nitrogens with zero attached hydrogens (tertiary/aromatic N) is 4. The van der Waals surface area contributed by atoms with E-state index in [0.717, 1.165) is 43.5 Å². The average Bonchev–Trinajstić information content (AvgIpc) is 2.45.